The minimum absolute atomic E-state index is 0. The largest absolute Gasteiger partial charge is 1.00 e. The van der Waals surface area contributed by atoms with Crippen LogP contribution in [0.25, 0.3) is 10.8 Å². The van der Waals surface area contributed by atoms with Gasteiger partial charge in [0.15, 0.2) is 0 Å². The molecule has 0 unspecified atom stereocenters. The van der Waals surface area contributed by atoms with Crippen LogP contribution in [0.5, 0.6) is 11.5 Å². The molecule has 0 bridgehead atoms. The summed E-state index contributed by atoms with van der Waals surface area (Å²) in [6, 6.07) is 13.9. The molecule has 0 aliphatic heterocycles. The van der Waals surface area contributed by atoms with Crippen molar-refractivity contribution in [2.24, 2.45) is 10.2 Å². The zero-order valence-corrected chi connectivity index (χ0v) is 16.9. The van der Waals surface area contributed by atoms with E-state index in [4.69, 9.17) is 9.29 Å². The summed E-state index contributed by atoms with van der Waals surface area (Å²) in [5, 5.41) is 19.3. The normalized spacial score (nSPS) is 11.5. The molecule has 3 aromatic carbocycles. The third kappa shape index (κ3) is 4.22. The number of hydrogen-bond acceptors (Lipinski definition) is 6. The van der Waals surface area contributed by atoms with E-state index in [9.17, 15) is 13.5 Å². The third-order valence-corrected chi connectivity index (χ3v) is 4.43. The van der Waals surface area contributed by atoms with Crippen molar-refractivity contribution >= 4 is 32.3 Å². The van der Waals surface area contributed by atoms with Crippen molar-refractivity contribution in [3.8, 4) is 11.5 Å². The fourth-order valence-electron chi connectivity index (χ4n) is 2.36. The predicted octanol–water partition coefficient (Wildman–Crippen LogP) is 1.22. The molecule has 0 fully saturated rings. The van der Waals surface area contributed by atoms with Crippen LogP contribution in [-0.2, 0) is 10.1 Å². The average molecular weight is 381 g/mol. The Morgan fingerprint density at radius 3 is 2.42 bits per heavy atom. The van der Waals surface area contributed by atoms with E-state index < -0.39 is 10.1 Å². The van der Waals surface area contributed by atoms with E-state index in [0.717, 1.165) is 0 Å². The molecular formula is C17H14N2NaO5S+. The van der Waals surface area contributed by atoms with Gasteiger partial charge in [-0.2, -0.15) is 8.42 Å². The summed E-state index contributed by atoms with van der Waals surface area (Å²) in [5.41, 5.74) is 0.668. The molecule has 0 aromatic heterocycles. The van der Waals surface area contributed by atoms with E-state index >= 15 is 0 Å². The molecule has 0 atom stereocenters. The molecule has 0 amide bonds. The molecule has 3 rings (SSSR count). The number of phenols is 1. The fourth-order valence-corrected chi connectivity index (χ4v) is 2.88. The quantitative estimate of drug-likeness (QED) is 0.401. The van der Waals surface area contributed by atoms with Crippen molar-refractivity contribution in [1.82, 2.24) is 0 Å². The van der Waals surface area contributed by atoms with E-state index in [2.05, 4.69) is 10.2 Å². The smallest absolute Gasteiger partial charge is 0.506 e. The van der Waals surface area contributed by atoms with Crippen molar-refractivity contribution < 1.29 is 52.4 Å². The van der Waals surface area contributed by atoms with Gasteiger partial charge in [-0.3, -0.25) is 4.55 Å². The van der Waals surface area contributed by atoms with Gasteiger partial charge in [-0.05, 0) is 35.7 Å². The van der Waals surface area contributed by atoms with Crippen LogP contribution in [0, 0.1) is 0 Å². The van der Waals surface area contributed by atoms with Crippen LogP contribution in [0.4, 0.5) is 11.4 Å². The molecular weight excluding hydrogens is 367 g/mol. The molecule has 3 aromatic rings. The number of methoxy groups -OCH3 is 1. The van der Waals surface area contributed by atoms with Gasteiger partial charge in [-0.1, -0.05) is 24.3 Å². The Balaban J connectivity index is 0.00000243. The zero-order valence-electron chi connectivity index (χ0n) is 14.1. The first-order valence-corrected chi connectivity index (χ1v) is 8.62. The Hall–Kier alpha value is -1.97. The average Bonchev–Trinajstić information content (AvgIpc) is 2.60. The van der Waals surface area contributed by atoms with Gasteiger partial charge in [-0.25, -0.2) is 0 Å². The SMILES string of the molecule is COc1ccccc1N=Nc1c(O)ccc2cc(S(=O)(=O)O)ccc12.[Na+]. The first-order valence-electron chi connectivity index (χ1n) is 7.18. The summed E-state index contributed by atoms with van der Waals surface area (Å²) in [6.07, 6.45) is 0. The molecule has 0 saturated heterocycles. The van der Waals surface area contributed by atoms with Crippen LogP contribution in [0.1, 0.15) is 0 Å². The molecule has 7 nitrogen and oxygen atoms in total. The number of rotatable bonds is 4. The van der Waals surface area contributed by atoms with Crippen LogP contribution in [-0.4, -0.2) is 25.2 Å². The van der Waals surface area contributed by atoms with Gasteiger partial charge in [0, 0.05) is 5.39 Å². The summed E-state index contributed by atoms with van der Waals surface area (Å²) in [6.45, 7) is 0. The first kappa shape index (κ1) is 20.3. The molecule has 26 heavy (non-hydrogen) atoms. The van der Waals surface area contributed by atoms with E-state index in [1.54, 1.807) is 24.3 Å². The summed E-state index contributed by atoms with van der Waals surface area (Å²) in [4.78, 5) is -0.238. The molecule has 0 saturated carbocycles. The molecule has 2 N–H and O–H groups in total. The maximum absolute atomic E-state index is 11.3. The van der Waals surface area contributed by atoms with Crippen LogP contribution in [0.2, 0.25) is 0 Å². The Morgan fingerprint density at radius 2 is 1.73 bits per heavy atom. The molecule has 0 aliphatic rings. The number of ether oxygens (including phenoxy) is 1. The van der Waals surface area contributed by atoms with Crippen LogP contribution in [0.15, 0.2) is 69.7 Å². The third-order valence-electron chi connectivity index (χ3n) is 3.58. The molecule has 128 valence electrons. The van der Waals surface area contributed by atoms with Crippen molar-refractivity contribution in [3.05, 3.63) is 54.6 Å². The van der Waals surface area contributed by atoms with Crippen LogP contribution >= 0.6 is 0 Å². The second-order valence-electron chi connectivity index (χ2n) is 5.16. The zero-order chi connectivity index (χ0) is 18.0. The van der Waals surface area contributed by atoms with E-state index in [1.807, 2.05) is 0 Å². The van der Waals surface area contributed by atoms with Gasteiger partial charge in [0.2, 0.25) is 0 Å². The van der Waals surface area contributed by atoms with Gasteiger partial charge in [0.05, 0.1) is 12.0 Å². The van der Waals surface area contributed by atoms with E-state index in [1.165, 1.54) is 37.4 Å². The topological polar surface area (TPSA) is 109 Å². The van der Waals surface area contributed by atoms with Crippen molar-refractivity contribution in [2.45, 2.75) is 4.90 Å². The Labute approximate surface area is 172 Å². The second-order valence-corrected chi connectivity index (χ2v) is 6.58. The monoisotopic (exact) mass is 381 g/mol. The number of fused-ring (bicyclic) bond motifs is 1. The molecule has 0 radical (unpaired) electrons. The molecule has 0 aliphatic carbocycles. The minimum atomic E-state index is -4.31. The second kappa shape index (κ2) is 8.15. The summed E-state index contributed by atoms with van der Waals surface area (Å²) < 4.78 is 36.9. The Kier molecular flexibility index (Phi) is 6.38. The van der Waals surface area contributed by atoms with Crippen molar-refractivity contribution in [3.63, 3.8) is 0 Å². The molecule has 9 heteroatoms. The number of para-hydroxylation sites is 1. The van der Waals surface area contributed by atoms with E-state index in [-0.39, 0.29) is 45.9 Å². The predicted molar refractivity (Wildman–Crippen MR) is 92.6 cm³/mol. The van der Waals surface area contributed by atoms with Crippen LogP contribution < -0.4 is 34.3 Å². The number of phenolic OH excluding ortho intramolecular Hbond substituents is 1. The summed E-state index contributed by atoms with van der Waals surface area (Å²) >= 11 is 0. The van der Waals surface area contributed by atoms with Gasteiger partial charge < -0.3 is 9.84 Å². The number of hydrogen-bond donors (Lipinski definition) is 2. The maximum atomic E-state index is 11.3. The van der Waals surface area contributed by atoms with Crippen LogP contribution in [0.3, 0.4) is 0 Å². The Bertz CT molecular complexity index is 1080. The molecule has 0 spiro atoms. The Morgan fingerprint density at radius 1 is 1.00 bits per heavy atom. The minimum Gasteiger partial charge on any atom is -0.506 e. The number of nitrogens with zero attached hydrogens (tertiary/aromatic N) is 2. The fraction of sp³-hybridized carbons (Fsp3) is 0.0588. The summed E-state index contributed by atoms with van der Waals surface area (Å²) in [7, 11) is -2.80. The number of aromatic hydroxyl groups is 1. The standard InChI is InChI=1S/C17H14N2O5S.Na/c1-24-16-5-3-2-4-14(16)18-19-17-13-8-7-12(25(21,22)23)10-11(13)6-9-15(17)20;/h2-10,20H,1H3,(H,21,22,23);/q;+1. The van der Waals surface area contributed by atoms with Gasteiger partial charge in [0.1, 0.15) is 22.9 Å². The first-order chi connectivity index (χ1) is 11.9. The van der Waals surface area contributed by atoms with Gasteiger partial charge in [0.25, 0.3) is 10.1 Å². The van der Waals surface area contributed by atoms with E-state index in [0.29, 0.717) is 22.2 Å². The maximum Gasteiger partial charge on any atom is 1.00 e. The number of azo groups is 1. The van der Waals surface area contributed by atoms with Gasteiger partial charge in [-0.15, -0.1) is 10.2 Å². The molecule has 0 heterocycles. The van der Waals surface area contributed by atoms with Crippen molar-refractivity contribution in [2.75, 3.05) is 7.11 Å². The van der Waals surface area contributed by atoms with Gasteiger partial charge >= 0.3 is 29.6 Å². The number of benzene rings is 3. The summed E-state index contributed by atoms with van der Waals surface area (Å²) in [5.74, 6) is 0.422. The van der Waals surface area contributed by atoms with Crippen molar-refractivity contribution in [1.29, 1.82) is 0 Å².